The quantitative estimate of drug-likeness (QED) is 0.556. The Morgan fingerprint density at radius 3 is 2.88 bits per heavy atom. The highest BCUT2D eigenvalue weighted by atomic mass is 35.5. The molecule has 3 heteroatoms. The molecule has 0 N–H and O–H groups in total. The van der Waals surface area contributed by atoms with E-state index in [4.69, 9.17) is 11.6 Å². The number of halogens is 1. The molecule has 0 spiro atoms. The zero-order chi connectivity index (χ0) is 5.98. The third kappa shape index (κ3) is 1.20. The Labute approximate surface area is 57.5 Å². The van der Waals surface area contributed by atoms with E-state index < -0.39 is 0 Å². The van der Waals surface area contributed by atoms with E-state index in [-0.39, 0.29) is 5.38 Å². The molecule has 44 valence electrons. The largest absolute Gasteiger partial charge is 0.196 e. The van der Waals surface area contributed by atoms with Crippen molar-refractivity contribution < 1.29 is 0 Å². The third-order valence-corrected chi connectivity index (χ3v) is 1.66. The first-order valence-electron chi connectivity index (χ1n) is 2.35. The monoisotopic (exact) mass is 147 g/mol. The van der Waals surface area contributed by atoms with Gasteiger partial charge in [-0.05, 0) is 24.5 Å². The lowest BCUT2D eigenvalue weighted by Gasteiger charge is -1.91. The van der Waals surface area contributed by atoms with Crippen LogP contribution in [0.15, 0.2) is 11.4 Å². The van der Waals surface area contributed by atoms with Gasteiger partial charge in [0.2, 0.25) is 0 Å². The molecular weight excluding hydrogens is 142 g/mol. The Balaban J connectivity index is 2.77. The Morgan fingerprint density at radius 1 is 1.88 bits per heavy atom. The molecule has 1 aromatic rings. The van der Waals surface area contributed by atoms with E-state index in [2.05, 4.69) is 4.37 Å². The van der Waals surface area contributed by atoms with Gasteiger partial charge in [0, 0.05) is 5.38 Å². The fraction of sp³-hybridized carbons (Fsp3) is 0.400. The normalized spacial score (nSPS) is 13.8. The maximum Gasteiger partial charge on any atom is 0.0740 e. The topological polar surface area (TPSA) is 12.9 Å². The van der Waals surface area contributed by atoms with Crippen molar-refractivity contribution in [2.45, 2.75) is 12.3 Å². The van der Waals surface area contributed by atoms with E-state index in [1.165, 1.54) is 11.5 Å². The number of nitrogens with zero attached hydrogens (tertiary/aromatic N) is 1. The number of hydrogen-bond donors (Lipinski definition) is 0. The summed E-state index contributed by atoms with van der Waals surface area (Å²) < 4.78 is 4.03. The fourth-order valence-electron chi connectivity index (χ4n) is 0.427. The SMILES string of the molecule is CC(Cl)c1ccsn1. The van der Waals surface area contributed by atoms with Gasteiger partial charge in [-0.2, -0.15) is 4.37 Å². The van der Waals surface area contributed by atoms with Crippen LogP contribution in [-0.2, 0) is 0 Å². The molecule has 1 nitrogen and oxygen atoms in total. The van der Waals surface area contributed by atoms with E-state index in [1.807, 2.05) is 18.4 Å². The minimum atomic E-state index is 0.0567. The molecule has 8 heavy (non-hydrogen) atoms. The minimum Gasteiger partial charge on any atom is -0.196 e. The Hall–Kier alpha value is -0.0800. The van der Waals surface area contributed by atoms with Gasteiger partial charge in [0.25, 0.3) is 0 Å². The predicted octanol–water partition coefficient (Wildman–Crippen LogP) is 2.44. The van der Waals surface area contributed by atoms with Crippen molar-refractivity contribution in [2.24, 2.45) is 0 Å². The third-order valence-electron chi connectivity index (χ3n) is 0.865. The van der Waals surface area contributed by atoms with Crippen LogP contribution in [-0.4, -0.2) is 4.37 Å². The van der Waals surface area contributed by atoms with Crippen molar-refractivity contribution in [3.63, 3.8) is 0 Å². The molecule has 0 bridgehead atoms. The second-order valence-electron chi connectivity index (χ2n) is 1.54. The molecule has 0 aliphatic rings. The summed E-state index contributed by atoms with van der Waals surface area (Å²) >= 11 is 7.12. The van der Waals surface area contributed by atoms with Crippen LogP contribution in [0.25, 0.3) is 0 Å². The summed E-state index contributed by atoms with van der Waals surface area (Å²) in [5.41, 5.74) is 0.969. The van der Waals surface area contributed by atoms with E-state index in [0.29, 0.717) is 0 Å². The van der Waals surface area contributed by atoms with E-state index in [0.717, 1.165) is 5.69 Å². The van der Waals surface area contributed by atoms with Crippen molar-refractivity contribution >= 4 is 23.1 Å². The summed E-state index contributed by atoms with van der Waals surface area (Å²) in [6, 6.07) is 1.93. The number of aromatic nitrogens is 1. The number of rotatable bonds is 1. The molecule has 1 heterocycles. The molecule has 1 unspecified atom stereocenters. The molecule has 0 amide bonds. The number of alkyl halides is 1. The second-order valence-corrected chi connectivity index (χ2v) is 2.86. The predicted molar refractivity (Wildman–Crippen MR) is 36.4 cm³/mol. The van der Waals surface area contributed by atoms with Gasteiger partial charge in [-0.25, -0.2) is 0 Å². The highest BCUT2D eigenvalue weighted by Gasteiger charge is 1.99. The number of hydrogen-bond acceptors (Lipinski definition) is 2. The second kappa shape index (κ2) is 2.46. The van der Waals surface area contributed by atoms with Crippen molar-refractivity contribution in [3.8, 4) is 0 Å². The molecular formula is C5H6ClNS. The lowest BCUT2D eigenvalue weighted by molar-refractivity contribution is 1.04. The molecule has 0 saturated carbocycles. The standard InChI is InChI=1S/C5H6ClNS/c1-4(6)5-2-3-8-7-5/h2-4H,1H3. The molecule has 1 rings (SSSR count). The van der Waals surface area contributed by atoms with Gasteiger partial charge in [-0.1, -0.05) is 0 Å². The van der Waals surface area contributed by atoms with E-state index >= 15 is 0 Å². The molecule has 0 aromatic carbocycles. The lowest BCUT2D eigenvalue weighted by atomic mass is 10.3. The fourth-order valence-corrected chi connectivity index (χ4v) is 1.21. The Bertz CT molecular complexity index is 147. The van der Waals surface area contributed by atoms with Crippen LogP contribution in [0.1, 0.15) is 18.0 Å². The van der Waals surface area contributed by atoms with Crippen LogP contribution in [0.2, 0.25) is 0 Å². The van der Waals surface area contributed by atoms with Gasteiger partial charge < -0.3 is 0 Å². The average Bonchev–Trinajstić information content (AvgIpc) is 2.12. The van der Waals surface area contributed by atoms with Crippen LogP contribution in [0.5, 0.6) is 0 Å². The van der Waals surface area contributed by atoms with Crippen LogP contribution in [0, 0.1) is 0 Å². The summed E-state index contributed by atoms with van der Waals surface area (Å²) in [4.78, 5) is 0. The molecule has 0 aliphatic heterocycles. The van der Waals surface area contributed by atoms with Crippen molar-refractivity contribution in [1.82, 2.24) is 4.37 Å². The molecule has 0 fully saturated rings. The summed E-state index contributed by atoms with van der Waals surface area (Å²) in [5.74, 6) is 0. The summed E-state index contributed by atoms with van der Waals surface area (Å²) in [6.07, 6.45) is 0. The van der Waals surface area contributed by atoms with Gasteiger partial charge in [0.1, 0.15) is 0 Å². The smallest absolute Gasteiger partial charge is 0.0740 e. The molecule has 1 aromatic heterocycles. The maximum absolute atomic E-state index is 5.69. The first kappa shape index (κ1) is 6.05. The molecule has 0 radical (unpaired) electrons. The molecule has 0 saturated heterocycles. The maximum atomic E-state index is 5.69. The van der Waals surface area contributed by atoms with Crippen molar-refractivity contribution in [3.05, 3.63) is 17.1 Å². The van der Waals surface area contributed by atoms with Crippen LogP contribution in [0.3, 0.4) is 0 Å². The van der Waals surface area contributed by atoms with E-state index in [1.54, 1.807) is 0 Å². The highest BCUT2D eigenvalue weighted by molar-refractivity contribution is 7.03. The first-order valence-corrected chi connectivity index (χ1v) is 3.62. The average molecular weight is 148 g/mol. The van der Waals surface area contributed by atoms with Gasteiger partial charge >= 0.3 is 0 Å². The van der Waals surface area contributed by atoms with Gasteiger partial charge in [0.05, 0.1) is 11.1 Å². The Kier molecular flexibility index (Phi) is 1.86. The highest BCUT2D eigenvalue weighted by Crippen LogP contribution is 2.17. The van der Waals surface area contributed by atoms with E-state index in [9.17, 15) is 0 Å². The summed E-state index contributed by atoms with van der Waals surface area (Å²) in [6.45, 7) is 1.91. The van der Waals surface area contributed by atoms with Crippen LogP contribution < -0.4 is 0 Å². The van der Waals surface area contributed by atoms with Crippen molar-refractivity contribution in [1.29, 1.82) is 0 Å². The summed E-state index contributed by atoms with van der Waals surface area (Å²) in [7, 11) is 0. The summed E-state index contributed by atoms with van der Waals surface area (Å²) in [5, 5.41) is 1.98. The Morgan fingerprint density at radius 2 is 2.62 bits per heavy atom. The van der Waals surface area contributed by atoms with Gasteiger partial charge in [-0.15, -0.1) is 11.6 Å². The van der Waals surface area contributed by atoms with Gasteiger partial charge in [-0.3, -0.25) is 0 Å². The van der Waals surface area contributed by atoms with Gasteiger partial charge in [0.15, 0.2) is 0 Å². The molecule has 1 atom stereocenters. The first-order chi connectivity index (χ1) is 3.80. The van der Waals surface area contributed by atoms with Crippen molar-refractivity contribution in [2.75, 3.05) is 0 Å². The molecule has 0 aliphatic carbocycles. The minimum absolute atomic E-state index is 0.0567. The zero-order valence-electron chi connectivity index (χ0n) is 4.47. The van der Waals surface area contributed by atoms with Crippen LogP contribution >= 0.6 is 23.1 Å². The zero-order valence-corrected chi connectivity index (χ0v) is 6.04. The van der Waals surface area contributed by atoms with Crippen LogP contribution in [0.4, 0.5) is 0 Å². The lowest BCUT2D eigenvalue weighted by Crippen LogP contribution is -1.79.